The molecular weight excluding hydrogens is 817 g/mol. The van der Waals surface area contributed by atoms with Crippen LogP contribution in [0.1, 0.15) is 35.2 Å². The molecule has 0 saturated heterocycles. The van der Waals surface area contributed by atoms with E-state index in [9.17, 15) is 14.0 Å². The molecule has 0 saturated carbocycles. The lowest BCUT2D eigenvalue weighted by atomic mass is 9.93. The zero-order valence-electron chi connectivity index (χ0n) is 23.9. The molecule has 0 spiro atoms. The van der Waals surface area contributed by atoms with Gasteiger partial charge >= 0.3 is 5.97 Å². The lowest BCUT2D eigenvalue weighted by molar-refractivity contribution is -0.138. The third kappa shape index (κ3) is 6.54. The van der Waals surface area contributed by atoms with Crippen molar-refractivity contribution in [3.63, 3.8) is 0 Å². The van der Waals surface area contributed by atoms with E-state index in [4.69, 9.17) is 14.5 Å². The van der Waals surface area contributed by atoms with Crippen LogP contribution in [-0.2, 0) is 16.1 Å². The third-order valence-corrected chi connectivity index (χ3v) is 9.72. The number of ether oxygens (including phenoxy) is 2. The van der Waals surface area contributed by atoms with Crippen LogP contribution in [0.2, 0.25) is 0 Å². The van der Waals surface area contributed by atoms with Crippen molar-refractivity contribution in [2.24, 2.45) is 4.99 Å². The van der Waals surface area contributed by atoms with Gasteiger partial charge in [-0.25, -0.2) is 14.2 Å². The number of halogens is 3. The Hall–Kier alpha value is -3.62. The van der Waals surface area contributed by atoms with Crippen molar-refractivity contribution in [1.82, 2.24) is 4.57 Å². The fourth-order valence-electron chi connectivity index (χ4n) is 5.11. The quantitative estimate of drug-likeness (QED) is 0.127. The zero-order chi connectivity index (χ0) is 31.5. The summed E-state index contributed by atoms with van der Waals surface area (Å²) in [5.74, 6) is -0.183. The molecule has 0 amide bonds. The molecule has 4 aromatic carbocycles. The Morgan fingerprint density at radius 1 is 0.978 bits per heavy atom. The molecule has 0 unspecified atom stereocenters. The summed E-state index contributed by atoms with van der Waals surface area (Å²) in [5, 5.41) is 0. The summed E-state index contributed by atoms with van der Waals surface area (Å²) in [6.45, 7) is 2.04. The smallest absolute Gasteiger partial charge is 0.338 e. The van der Waals surface area contributed by atoms with Crippen molar-refractivity contribution in [1.29, 1.82) is 0 Å². The molecule has 0 radical (unpaired) electrons. The molecule has 0 bridgehead atoms. The summed E-state index contributed by atoms with van der Waals surface area (Å²) in [6, 6.07) is 28.6. The highest BCUT2D eigenvalue weighted by molar-refractivity contribution is 14.1. The van der Waals surface area contributed by atoms with Gasteiger partial charge in [-0.1, -0.05) is 90.2 Å². The van der Waals surface area contributed by atoms with E-state index >= 15 is 0 Å². The number of benzene rings is 4. The summed E-state index contributed by atoms with van der Waals surface area (Å²) in [4.78, 5) is 33.1. The third-order valence-electron chi connectivity index (χ3n) is 7.14. The molecule has 1 atom stereocenters. The second-order valence-corrected chi connectivity index (χ2v) is 13.4. The first kappa shape index (κ1) is 31.4. The largest absolute Gasteiger partial charge is 0.487 e. The van der Waals surface area contributed by atoms with Gasteiger partial charge in [0, 0.05) is 11.1 Å². The van der Waals surface area contributed by atoms with Crippen molar-refractivity contribution in [2.45, 2.75) is 19.6 Å². The monoisotopic (exact) mass is 842 g/mol. The summed E-state index contributed by atoms with van der Waals surface area (Å²) in [5.41, 5.74) is 3.35. The van der Waals surface area contributed by atoms with Gasteiger partial charge in [-0.15, -0.1) is 0 Å². The molecule has 0 N–H and O–H groups in total. The Balaban J connectivity index is 1.47. The number of esters is 1. The van der Waals surface area contributed by atoms with E-state index < -0.39 is 12.0 Å². The first-order valence-corrected chi connectivity index (χ1v) is 17.0. The van der Waals surface area contributed by atoms with Gasteiger partial charge in [0.25, 0.3) is 5.56 Å². The lowest BCUT2D eigenvalue weighted by Gasteiger charge is -2.25. The van der Waals surface area contributed by atoms with Gasteiger partial charge in [0.2, 0.25) is 0 Å². The van der Waals surface area contributed by atoms with Crippen molar-refractivity contribution in [3.8, 4) is 5.75 Å². The number of aromatic nitrogens is 1. The van der Waals surface area contributed by atoms with E-state index in [0.29, 0.717) is 31.9 Å². The first-order valence-electron chi connectivity index (χ1n) is 14.0. The van der Waals surface area contributed by atoms with E-state index in [0.717, 1.165) is 23.8 Å². The normalized spacial score (nSPS) is 14.6. The minimum Gasteiger partial charge on any atom is -0.487 e. The predicted molar refractivity (Wildman–Crippen MR) is 190 cm³/mol. The average molecular weight is 842 g/mol. The summed E-state index contributed by atoms with van der Waals surface area (Å²) in [7, 11) is 0. The number of carbonyl (C=O) groups is 1. The molecule has 45 heavy (non-hydrogen) atoms. The Morgan fingerprint density at radius 3 is 2.29 bits per heavy atom. The number of thiazole rings is 1. The Kier molecular flexibility index (Phi) is 9.61. The first-order chi connectivity index (χ1) is 21.9. The average Bonchev–Trinajstić information content (AvgIpc) is 3.35. The molecule has 10 heteroatoms. The summed E-state index contributed by atoms with van der Waals surface area (Å²) >= 11 is 5.65. The van der Waals surface area contributed by atoms with E-state index in [1.54, 1.807) is 29.7 Å². The summed E-state index contributed by atoms with van der Waals surface area (Å²) in [6.07, 6.45) is 1.83. The van der Waals surface area contributed by atoms with Crippen molar-refractivity contribution in [3.05, 3.63) is 158 Å². The van der Waals surface area contributed by atoms with Crippen molar-refractivity contribution < 1.29 is 18.7 Å². The molecule has 6 nitrogen and oxygen atoms in total. The highest BCUT2D eigenvalue weighted by atomic mass is 127. The Morgan fingerprint density at radius 2 is 1.62 bits per heavy atom. The fourth-order valence-corrected chi connectivity index (χ4v) is 8.24. The van der Waals surface area contributed by atoms with E-state index in [-0.39, 0.29) is 24.6 Å². The van der Waals surface area contributed by atoms with Gasteiger partial charge in [-0.2, -0.15) is 0 Å². The van der Waals surface area contributed by atoms with Crippen LogP contribution in [0.4, 0.5) is 4.39 Å². The van der Waals surface area contributed by atoms with Gasteiger partial charge in [0.15, 0.2) is 4.80 Å². The predicted octanol–water partition coefficient (Wildman–Crippen LogP) is 6.86. The van der Waals surface area contributed by atoms with Crippen LogP contribution >= 0.6 is 56.5 Å². The molecular formula is C35H25FI2N2O4S. The summed E-state index contributed by atoms with van der Waals surface area (Å²) < 4.78 is 29.4. The number of rotatable bonds is 8. The minimum absolute atomic E-state index is 0.0999. The van der Waals surface area contributed by atoms with Crippen LogP contribution in [0.3, 0.4) is 0 Å². The van der Waals surface area contributed by atoms with Gasteiger partial charge in [-0.3, -0.25) is 9.36 Å². The minimum atomic E-state index is -0.728. The van der Waals surface area contributed by atoms with Gasteiger partial charge in [-0.05, 0) is 87.5 Å². The van der Waals surface area contributed by atoms with Crippen LogP contribution in [0.25, 0.3) is 11.8 Å². The number of fused-ring (bicyclic) bond motifs is 1. The van der Waals surface area contributed by atoms with E-state index in [1.807, 2.05) is 78.9 Å². The van der Waals surface area contributed by atoms with Crippen LogP contribution < -0.4 is 19.6 Å². The molecule has 226 valence electrons. The zero-order valence-corrected chi connectivity index (χ0v) is 29.0. The van der Waals surface area contributed by atoms with Crippen LogP contribution in [0.15, 0.2) is 112 Å². The highest BCUT2D eigenvalue weighted by Crippen LogP contribution is 2.35. The topological polar surface area (TPSA) is 69.9 Å². The van der Waals surface area contributed by atoms with Gasteiger partial charge < -0.3 is 9.47 Å². The number of carbonyl (C=O) groups excluding carboxylic acids is 1. The standard InChI is InChI=1S/C35H25FI2N2O4S/c1-2-43-34(42)29-30(22-11-5-3-6-12-22)39-35-40(31(29)23-13-7-4-8-14-23)33(41)28(45-35)19-21-17-26(37)32(27(38)18-21)44-20-24-15-9-10-16-25(24)36/h3-19,31H,2,20H2,1H3/b28-19-/t31-/m0/s1. The SMILES string of the molecule is CCOC(=O)C1=C(c2ccccc2)N=c2s/c(=C\c3cc(I)c(OCc4ccccc4F)c(I)c3)c(=O)n2[C@H]1c1ccccc1. The maximum Gasteiger partial charge on any atom is 0.338 e. The molecule has 5 aromatic rings. The number of nitrogens with zero attached hydrogens (tertiary/aromatic N) is 2. The molecule has 1 aliphatic rings. The second kappa shape index (κ2) is 13.8. The molecule has 1 aromatic heterocycles. The van der Waals surface area contributed by atoms with Crippen molar-refractivity contribution in [2.75, 3.05) is 6.61 Å². The fraction of sp³-hybridized carbons (Fsp3) is 0.114. The molecule has 1 aliphatic heterocycles. The molecule has 0 aliphatic carbocycles. The maximum absolute atomic E-state index is 14.1. The van der Waals surface area contributed by atoms with Crippen LogP contribution in [-0.4, -0.2) is 17.1 Å². The van der Waals surface area contributed by atoms with E-state index in [1.165, 1.54) is 17.4 Å². The number of hydrogen-bond acceptors (Lipinski definition) is 6. The molecule has 6 rings (SSSR count). The maximum atomic E-state index is 14.1. The van der Waals surface area contributed by atoms with Gasteiger partial charge in [0.05, 0.1) is 35.6 Å². The molecule has 2 heterocycles. The lowest BCUT2D eigenvalue weighted by Crippen LogP contribution is -2.40. The second-order valence-electron chi connectivity index (χ2n) is 10.0. The Labute approximate surface area is 289 Å². The van der Waals surface area contributed by atoms with Crippen LogP contribution in [0, 0.1) is 13.0 Å². The van der Waals surface area contributed by atoms with Crippen LogP contribution in [0.5, 0.6) is 5.75 Å². The highest BCUT2D eigenvalue weighted by Gasteiger charge is 2.35. The van der Waals surface area contributed by atoms with Crippen molar-refractivity contribution >= 4 is 74.3 Å². The molecule has 0 fully saturated rings. The number of hydrogen-bond donors (Lipinski definition) is 0. The van der Waals surface area contributed by atoms with Gasteiger partial charge in [0.1, 0.15) is 18.2 Å². The van der Waals surface area contributed by atoms with E-state index in [2.05, 4.69) is 45.2 Å². The Bertz CT molecular complexity index is 2090.